The monoisotopic (exact) mass is 192 g/mol. The molecule has 0 radical (unpaired) electrons. The molecule has 0 fully saturated rings. The van der Waals surface area contributed by atoms with E-state index in [2.05, 4.69) is 4.89 Å². The molecule has 0 saturated heterocycles. The Balaban J connectivity index is 2.89. The van der Waals surface area contributed by atoms with Crippen molar-refractivity contribution in [2.24, 2.45) is 0 Å². The molecule has 0 heterocycles. The molecule has 2 nitrogen and oxygen atoms in total. The summed E-state index contributed by atoms with van der Waals surface area (Å²) >= 11 is 11.3. The van der Waals surface area contributed by atoms with E-state index < -0.39 is 0 Å². The number of halogens is 2. The Kier molecular flexibility index (Phi) is 3.00. The summed E-state index contributed by atoms with van der Waals surface area (Å²) in [6, 6.07) is 4.83. The SMILES string of the molecule is COOc1cc(Cl)cc(Cl)c1. The van der Waals surface area contributed by atoms with Crippen molar-refractivity contribution >= 4 is 23.2 Å². The Hall–Kier alpha value is -0.440. The van der Waals surface area contributed by atoms with Crippen LogP contribution in [-0.2, 0) is 4.89 Å². The molecule has 4 heteroatoms. The number of hydrogen-bond acceptors (Lipinski definition) is 2. The Morgan fingerprint density at radius 2 is 1.64 bits per heavy atom. The molecule has 0 spiro atoms. The van der Waals surface area contributed by atoms with Crippen molar-refractivity contribution in [2.45, 2.75) is 0 Å². The third kappa shape index (κ3) is 2.58. The molecule has 11 heavy (non-hydrogen) atoms. The second-order valence-corrected chi connectivity index (χ2v) is 2.73. The van der Waals surface area contributed by atoms with Crippen LogP contribution in [0.15, 0.2) is 18.2 Å². The van der Waals surface area contributed by atoms with Crippen LogP contribution in [0.4, 0.5) is 0 Å². The summed E-state index contributed by atoms with van der Waals surface area (Å²) in [5, 5.41) is 1.04. The highest BCUT2D eigenvalue weighted by molar-refractivity contribution is 6.34. The van der Waals surface area contributed by atoms with Gasteiger partial charge in [0.15, 0.2) is 5.75 Å². The zero-order valence-electron chi connectivity index (χ0n) is 5.80. The molecule has 0 aliphatic heterocycles. The molecular weight excluding hydrogens is 187 g/mol. The van der Waals surface area contributed by atoms with E-state index in [4.69, 9.17) is 28.1 Å². The smallest absolute Gasteiger partial charge is 0.168 e. The van der Waals surface area contributed by atoms with Gasteiger partial charge in [0.25, 0.3) is 0 Å². The van der Waals surface area contributed by atoms with E-state index in [1.165, 1.54) is 7.11 Å². The molecular formula is C7H6Cl2O2. The van der Waals surface area contributed by atoms with Crippen LogP contribution in [0.25, 0.3) is 0 Å². The highest BCUT2D eigenvalue weighted by Crippen LogP contribution is 2.23. The van der Waals surface area contributed by atoms with Gasteiger partial charge in [0.2, 0.25) is 0 Å². The minimum atomic E-state index is 0.491. The third-order valence-corrected chi connectivity index (χ3v) is 1.45. The maximum Gasteiger partial charge on any atom is 0.168 e. The zero-order valence-corrected chi connectivity index (χ0v) is 7.32. The van der Waals surface area contributed by atoms with Gasteiger partial charge in [0.05, 0.1) is 7.11 Å². The van der Waals surface area contributed by atoms with Crippen molar-refractivity contribution < 1.29 is 9.78 Å². The van der Waals surface area contributed by atoms with Gasteiger partial charge in [-0.15, -0.1) is 0 Å². The van der Waals surface area contributed by atoms with Crippen LogP contribution in [0.1, 0.15) is 0 Å². The Morgan fingerprint density at radius 1 is 1.09 bits per heavy atom. The van der Waals surface area contributed by atoms with E-state index in [1.54, 1.807) is 18.2 Å². The first kappa shape index (κ1) is 8.65. The van der Waals surface area contributed by atoms with Gasteiger partial charge in [0, 0.05) is 22.2 Å². The normalized spacial score (nSPS) is 9.73. The minimum absolute atomic E-state index is 0.491. The average Bonchev–Trinajstić information content (AvgIpc) is 1.85. The van der Waals surface area contributed by atoms with Crippen LogP contribution >= 0.6 is 23.2 Å². The van der Waals surface area contributed by atoms with Crippen LogP contribution in [0.5, 0.6) is 5.75 Å². The quantitative estimate of drug-likeness (QED) is 0.531. The summed E-state index contributed by atoms with van der Waals surface area (Å²) in [4.78, 5) is 9.12. The highest BCUT2D eigenvalue weighted by Gasteiger charge is 1.98. The van der Waals surface area contributed by atoms with Crippen molar-refractivity contribution in [2.75, 3.05) is 7.11 Å². The van der Waals surface area contributed by atoms with E-state index in [1.807, 2.05) is 0 Å². The van der Waals surface area contributed by atoms with Gasteiger partial charge in [0.1, 0.15) is 0 Å². The molecule has 0 aliphatic rings. The van der Waals surface area contributed by atoms with Crippen molar-refractivity contribution in [1.82, 2.24) is 0 Å². The highest BCUT2D eigenvalue weighted by atomic mass is 35.5. The first-order valence-electron chi connectivity index (χ1n) is 2.89. The standard InChI is InChI=1S/C7H6Cl2O2/c1-10-11-7-3-5(8)2-6(9)4-7/h2-4H,1H3. The van der Waals surface area contributed by atoms with Gasteiger partial charge in [-0.2, -0.15) is 4.89 Å². The lowest BCUT2D eigenvalue weighted by Crippen LogP contribution is -1.89. The van der Waals surface area contributed by atoms with Gasteiger partial charge in [-0.1, -0.05) is 23.2 Å². The maximum absolute atomic E-state index is 5.67. The van der Waals surface area contributed by atoms with Crippen LogP contribution in [0, 0.1) is 0 Å². The first-order chi connectivity index (χ1) is 5.22. The molecule has 0 N–H and O–H groups in total. The molecule has 0 amide bonds. The van der Waals surface area contributed by atoms with Crippen LogP contribution in [-0.4, -0.2) is 7.11 Å². The number of rotatable bonds is 2. The summed E-state index contributed by atoms with van der Waals surface area (Å²) in [7, 11) is 1.41. The van der Waals surface area contributed by atoms with Crippen LogP contribution in [0.2, 0.25) is 10.0 Å². The Bertz CT molecular complexity index is 230. The lowest BCUT2D eigenvalue weighted by atomic mass is 10.3. The molecule has 60 valence electrons. The third-order valence-electron chi connectivity index (χ3n) is 1.02. The van der Waals surface area contributed by atoms with E-state index in [0.717, 1.165) is 0 Å². The summed E-state index contributed by atoms with van der Waals surface area (Å²) < 4.78 is 0. The number of hydrogen-bond donors (Lipinski definition) is 0. The second kappa shape index (κ2) is 3.81. The summed E-state index contributed by atoms with van der Waals surface area (Å²) in [5.41, 5.74) is 0. The predicted molar refractivity (Wildman–Crippen MR) is 44.1 cm³/mol. The van der Waals surface area contributed by atoms with Crippen molar-refractivity contribution in [3.63, 3.8) is 0 Å². The van der Waals surface area contributed by atoms with E-state index >= 15 is 0 Å². The van der Waals surface area contributed by atoms with Gasteiger partial charge in [-0.05, 0) is 6.07 Å². The average molecular weight is 193 g/mol. The Morgan fingerprint density at radius 3 is 2.09 bits per heavy atom. The second-order valence-electron chi connectivity index (χ2n) is 1.86. The van der Waals surface area contributed by atoms with Gasteiger partial charge < -0.3 is 4.89 Å². The van der Waals surface area contributed by atoms with Crippen molar-refractivity contribution in [3.05, 3.63) is 28.2 Å². The molecule has 0 unspecified atom stereocenters. The maximum atomic E-state index is 5.67. The van der Waals surface area contributed by atoms with E-state index in [9.17, 15) is 0 Å². The van der Waals surface area contributed by atoms with Gasteiger partial charge in [-0.3, -0.25) is 0 Å². The molecule has 0 aromatic heterocycles. The lowest BCUT2D eigenvalue weighted by molar-refractivity contribution is -0.178. The summed E-state index contributed by atoms with van der Waals surface area (Å²) in [6.07, 6.45) is 0. The van der Waals surface area contributed by atoms with E-state index in [-0.39, 0.29) is 0 Å². The molecule has 1 aromatic carbocycles. The predicted octanol–water partition coefficient (Wildman–Crippen LogP) is 2.93. The topological polar surface area (TPSA) is 18.5 Å². The molecule has 0 atom stereocenters. The fourth-order valence-electron chi connectivity index (χ4n) is 0.673. The van der Waals surface area contributed by atoms with Crippen LogP contribution in [0.3, 0.4) is 0 Å². The largest absolute Gasteiger partial charge is 0.338 e. The number of benzene rings is 1. The van der Waals surface area contributed by atoms with Gasteiger partial charge in [-0.25, -0.2) is 0 Å². The summed E-state index contributed by atoms with van der Waals surface area (Å²) in [5.74, 6) is 0.491. The lowest BCUT2D eigenvalue weighted by Gasteiger charge is -2.00. The molecule has 0 aliphatic carbocycles. The molecule has 1 rings (SSSR count). The van der Waals surface area contributed by atoms with E-state index in [0.29, 0.717) is 15.8 Å². The molecule has 0 bridgehead atoms. The molecule has 1 aromatic rings. The Labute approximate surface area is 74.6 Å². The summed E-state index contributed by atoms with van der Waals surface area (Å²) in [6.45, 7) is 0. The van der Waals surface area contributed by atoms with Gasteiger partial charge >= 0.3 is 0 Å². The fraction of sp³-hybridized carbons (Fsp3) is 0.143. The van der Waals surface area contributed by atoms with Crippen molar-refractivity contribution in [3.8, 4) is 5.75 Å². The minimum Gasteiger partial charge on any atom is -0.338 e. The molecule has 0 saturated carbocycles. The van der Waals surface area contributed by atoms with Crippen molar-refractivity contribution in [1.29, 1.82) is 0 Å². The zero-order chi connectivity index (χ0) is 8.27. The fourth-order valence-corrected chi connectivity index (χ4v) is 1.18. The first-order valence-corrected chi connectivity index (χ1v) is 3.64. The van der Waals surface area contributed by atoms with Crippen LogP contribution < -0.4 is 4.89 Å².